The maximum atomic E-state index is 12.0. The van der Waals surface area contributed by atoms with Crippen molar-refractivity contribution in [3.05, 3.63) is 65.2 Å². The van der Waals surface area contributed by atoms with Crippen molar-refractivity contribution in [2.75, 3.05) is 20.2 Å². The van der Waals surface area contributed by atoms with Crippen molar-refractivity contribution in [3.63, 3.8) is 0 Å². The normalized spacial score (nSPS) is 10.7. The molecule has 30 heavy (non-hydrogen) atoms. The summed E-state index contributed by atoms with van der Waals surface area (Å²) in [7, 11) is 1.72. The number of halogens is 1. The molecule has 0 radical (unpaired) electrons. The number of carbonyl (C=O) groups is 1. The van der Waals surface area contributed by atoms with E-state index in [4.69, 9.17) is 4.74 Å². The van der Waals surface area contributed by atoms with E-state index in [1.54, 1.807) is 7.05 Å². The van der Waals surface area contributed by atoms with Crippen molar-refractivity contribution in [2.24, 2.45) is 4.99 Å². The second kappa shape index (κ2) is 14.7. The molecule has 0 fully saturated rings. The number of rotatable bonds is 10. The molecule has 3 N–H and O–H groups in total. The molecule has 2 rings (SSSR count). The fourth-order valence-corrected chi connectivity index (χ4v) is 2.73. The Balaban J connectivity index is 0.00000450. The minimum absolute atomic E-state index is 0. The van der Waals surface area contributed by atoms with Gasteiger partial charge in [-0.25, -0.2) is 0 Å². The topological polar surface area (TPSA) is 74.8 Å². The van der Waals surface area contributed by atoms with Crippen molar-refractivity contribution >= 4 is 35.8 Å². The second-order valence-electron chi connectivity index (χ2n) is 6.82. The van der Waals surface area contributed by atoms with Crippen molar-refractivity contribution in [1.82, 2.24) is 16.0 Å². The van der Waals surface area contributed by atoms with E-state index in [1.807, 2.05) is 30.3 Å². The molecule has 0 atom stereocenters. The smallest absolute Gasteiger partial charge is 0.222 e. The summed E-state index contributed by atoms with van der Waals surface area (Å²) in [6.07, 6.45) is 1.35. The van der Waals surface area contributed by atoms with Gasteiger partial charge in [0.15, 0.2) is 5.96 Å². The van der Waals surface area contributed by atoms with Crippen LogP contribution in [0.2, 0.25) is 0 Å². The summed E-state index contributed by atoms with van der Waals surface area (Å²) >= 11 is 0. The predicted octanol–water partition coefficient (Wildman–Crippen LogP) is 3.77. The van der Waals surface area contributed by atoms with Crippen molar-refractivity contribution in [3.8, 4) is 5.75 Å². The summed E-state index contributed by atoms with van der Waals surface area (Å²) in [5.41, 5.74) is 3.34. The molecule has 2 aromatic rings. The number of guanidine groups is 1. The lowest BCUT2D eigenvalue weighted by Crippen LogP contribution is -2.39. The highest BCUT2D eigenvalue weighted by molar-refractivity contribution is 14.0. The molecule has 0 heterocycles. The van der Waals surface area contributed by atoms with Crippen LogP contribution in [0, 0.1) is 6.92 Å². The molecule has 0 aliphatic carbocycles. The van der Waals surface area contributed by atoms with Crippen LogP contribution in [-0.4, -0.2) is 32.1 Å². The molecule has 0 aliphatic rings. The van der Waals surface area contributed by atoms with Crippen LogP contribution in [0.5, 0.6) is 5.75 Å². The Bertz CT molecular complexity index is 797. The molecule has 0 unspecified atom stereocenters. The minimum Gasteiger partial charge on any atom is -0.493 e. The van der Waals surface area contributed by atoms with E-state index in [9.17, 15) is 4.79 Å². The van der Waals surface area contributed by atoms with Gasteiger partial charge in [0, 0.05) is 38.7 Å². The third kappa shape index (κ3) is 9.47. The highest BCUT2D eigenvalue weighted by Gasteiger charge is 2.07. The van der Waals surface area contributed by atoms with Gasteiger partial charge in [0.2, 0.25) is 5.91 Å². The van der Waals surface area contributed by atoms with E-state index in [0.717, 1.165) is 23.3 Å². The molecule has 1 amide bonds. The SMILES string of the molecule is CCCOc1cc(C)ccc1CNC(=NC)NCCC(=O)NCc1ccccc1.I. The van der Waals surface area contributed by atoms with Crippen molar-refractivity contribution in [2.45, 2.75) is 39.8 Å². The quantitative estimate of drug-likeness (QED) is 0.251. The molecule has 0 saturated heterocycles. The highest BCUT2D eigenvalue weighted by Crippen LogP contribution is 2.20. The lowest BCUT2D eigenvalue weighted by molar-refractivity contribution is -0.121. The first-order valence-electron chi connectivity index (χ1n) is 10.1. The number of nitrogens with zero attached hydrogens (tertiary/aromatic N) is 1. The Morgan fingerprint density at radius 1 is 1.03 bits per heavy atom. The Morgan fingerprint density at radius 2 is 1.80 bits per heavy atom. The van der Waals surface area contributed by atoms with Gasteiger partial charge in [-0.3, -0.25) is 9.79 Å². The molecular formula is C23H33IN4O2. The minimum atomic E-state index is 0. The lowest BCUT2D eigenvalue weighted by atomic mass is 10.1. The van der Waals surface area contributed by atoms with Gasteiger partial charge >= 0.3 is 0 Å². The van der Waals surface area contributed by atoms with Crippen LogP contribution in [-0.2, 0) is 17.9 Å². The van der Waals surface area contributed by atoms with Crippen LogP contribution in [0.15, 0.2) is 53.5 Å². The monoisotopic (exact) mass is 524 g/mol. The van der Waals surface area contributed by atoms with Gasteiger partial charge in [0.25, 0.3) is 0 Å². The molecule has 6 nitrogen and oxygen atoms in total. The van der Waals surface area contributed by atoms with Gasteiger partial charge in [0.1, 0.15) is 5.75 Å². The number of benzene rings is 2. The summed E-state index contributed by atoms with van der Waals surface area (Å²) in [6, 6.07) is 16.1. The molecule has 0 aliphatic heterocycles. The van der Waals surface area contributed by atoms with E-state index < -0.39 is 0 Å². The van der Waals surface area contributed by atoms with E-state index >= 15 is 0 Å². The average molecular weight is 524 g/mol. The van der Waals surface area contributed by atoms with Crippen LogP contribution in [0.3, 0.4) is 0 Å². The van der Waals surface area contributed by atoms with Crippen LogP contribution in [0.1, 0.15) is 36.5 Å². The maximum Gasteiger partial charge on any atom is 0.222 e. The molecule has 164 valence electrons. The number of amides is 1. The van der Waals surface area contributed by atoms with Gasteiger partial charge in [-0.15, -0.1) is 24.0 Å². The molecule has 0 saturated carbocycles. The van der Waals surface area contributed by atoms with E-state index in [1.165, 1.54) is 5.56 Å². The number of aryl methyl sites for hydroxylation is 1. The standard InChI is InChI=1S/C23H32N4O2.HI/c1-4-14-29-21-15-18(2)10-11-20(21)17-27-23(24-3)25-13-12-22(28)26-16-19-8-6-5-7-9-19;/h5-11,15H,4,12-14,16-17H2,1-3H3,(H,26,28)(H2,24,25,27);1H. The lowest BCUT2D eigenvalue weighted by Gasteiger charge is -2.15. The molecule has 2 aromatic carbocycles. The van der Waals surface area contributed by atoms with Crippen LogP contribution in [0.25, 0.3) is 0 Å². The van der Waals surface area contributed by atoms with Crippen molar-refractivity contribution < 1.29 is 9.53 Å². The molecule has 0 spiro atoms. The number of nitrogens with one attached hydrogen (secondary N) is 3. The third-order valence-electron chi connectivity index (χ3n) is 4.33. The van der Waals surface area contributed by atoms with Crippen molar-refractivity contribution in [1.29, 1.82) is 0 Å². The summed E-state index contributed by atoms with van der Waals surface area (Å²) in [6.45, 7) is 6.49. The first-order chi connectivity index (χ1) is 14.1. The van der Waals surface area contributed by atoms with Gasteiger partial charge in [-0.2, -0.15) is 0 Å². The molecule has 7 heteroatoms. The Hall–Kier alpha value is -2.29. The highest BCUT2D eigenvalue weighted by atomic mass is 127. The van der Waals surface area contributed by atoms with E-state index in [-0.39, 0.29) is 29.9 Å². The Morgan fingerprint density at radius 3 is 2.50 bits per heavy atom. The number of hydrogen-bond donors (Lipinski definition) is 3. The maximum absolute atomic E-state index is 12.0. The van der Waals surface area contributed by atoms with E-state index in [2.05, 4.69) is 53.0 Å². The predicted molar refractivity (Wildman–Crippen MR) is 133 cm³/mol. The average Bonchev–Trinajstić information content (AvgIpc) is 2.74. The van der Waals surface area contributed by atoms with Crippen LogP contribution >= 0.6 is 24.0 Å². The first kappa shape index (κ1) is 25.7. The molecule has 0 aromatic heterocycles. The number of ether oxygens (including phenoxy) is 1. The number of aliphatic imine (C=N–C) groups is 1. The van der Waals surface area contributed by atoms with Crippen LogP contribution < -0.4 is 20.7 Å². The fraction of sp³-hybridized carbons (Fsp3) is 0.391. The summed E-state index contributed by atoms with van der Waals surface area (Å²) in [5.74, 6) is 1.56. The van der Waals surface area contributed by atoms with Gasteiger partial charge < -0.3 is 20.7 Å². The Kier molecular flexibility index (Phi) is 12.6. The Labute approximate surface area is 196 Å². The van der Waals surface area contributed by atoms with Gasteiger partial charge in [-0.1, -0.05) is 49.4 Å². The molecule has 0 bridgehead atoms. The number of hydrogen-bond acceptors (Lipinski definition) is 3. The third-order valence-corrected chi connectivity index (χ3v) is 4.33. The van der Waals surface area contributed by atoms with Gasteiger partial charge in [-0.05, 0) is 30.5 Å². The zero-order valence-corrected chi connectivity index (χ0v) is 20.4. The zero-order valence-electron chi connectivity index (χ0n) is 18.0. The fourth-order valence-electron chi connectivity index (χ4n) is 2.73. The van der Waals surface area contributed by atoms with Gasteiger partial charge in [0.05, 0.1) is 6.61 Å². The van der Waals surface area contributed by atoms with E-state index in [0.29, 0.717) is 38.6 Å². The first-order valence-corrected chi connectivity index (χ1v) is 10.1. The van der Waals surface area contributed by atoms with Crippen LogP contribution in [0.4, 0.5) is 0 Å². The summed E-state index contributed by atoms with van der Waals surface area (Å²) < 4.78 is 5.86. The summed E-state index contributed by atoms with van der Waals surface area (Å²) in [5, 5.41) is 9.39. The number of carbonyl (C=O) groups excluding carboxylic acids is 1. The zero-order chi connectivity index (χ0) is 20.9. The largest absolute Gasteiger partial charge is 0.493 e. The second-order valence-corrected chi connectivity index (χ2v) is 6.82. The molecular weight excluding hydrogens is 491 g/mol. The summed E-state index contributed by atoms with van der Waals surface area (Å²) in [4.78, 5) is 16.2.